The van der Waals surface area contributed by atoms with Crippen molar-refractivity contribution < 1.29 is 18.0 Å². The van der Waals surface area contributed by atoms with E-state index in [1.807, 2.05) is 0 Å². The standard InChI is InChI=1S/C12H9F3N2OS/c13-12(14,15)7-1-2-10(16)9(5-7)11(18)17-8-3-4-19-6-8/h1-6H,16H2,(H,17,18). The van der Waals surface area contributed by atoms with Crippen molar-refractivity contribution in [1.29, 1.82) is 0 Å². The van der Waals surface area contributed by atoms with Gasteiger partial charge < -0.3 is 11.1 Å². The molecule has 1 aromatic carbocycles. The van der Waals surface area contributed by atoms with Gasteiger partial charge in [-0.3, -0.25) is 4.79 Å². The fourth-order valence-electron chi connectivity index (χ4n) is 1.46. The molecule has 3 N–H and O–H groups in total. The number of carbonyl (C=O) groups excluding carboxylic acids is 1. The Hall–Kier alpha value is -2.02. The van der Waals surface area contributed by atoms with Gasteiger partial charge in [0.15, 0.2) is 0 Å². The van der Waals surface area contributed by atoms with Gasteiger partial charge in [0.1, 0.15) is 0 Å². The average Bonchev–Trinajstić information content (AvgIpc) is 2.80. The third-order valence-corrected chi connectivity index (χ3v) is 3.09. The van der Waals surface area contributed by atoms with Gasteiger partial charge in [-0.15, -0.1) is 0 Å². The Morgan fingerprint density at radius 1 is 1.26 bits per heavy atom. The number of hydrogen-bond donors (Lipinski definition) is 2. The minimum atomic E-state index is -4.51. The lowest BCUT2D eigenvalue weighted by molar-refractivity contribution is -0.137. The number of carbonyl (C=O) groups is 1. The van der Waals surface area contributed by atoms with Crippen molar-refractivity contribution in [3.8, 4) is 0 Å². The Kier molecular flexibility index (Phi) is 3.48. The maximum absolute atomic E-state index is 12.6. The number of amides is 1. The van der Waals surface area contributed by atoms with Crippen LogP contribution in [-0.4, -0.2) is 5.91 Å². The fraction of sp³-hybridized carbons (Fsp3) is 0.0833. The summed E-state index contributed by atoms with van der Waals surface area (Å²) >= 11 is 1.36. The highest BCUT2D eigenvalue weighted by Crippen LogP contribution is 2.31. The van der Waals surface area contributed by atoms with E-state index in [1.165, 1.54) is 11.3 Å². The first-order valence-corrected chi connectivity index (χ1v) is 6.12. The van der Waals surface area contributed by atoms with Gasteiger partial charge in [-0.25, -0.2) is 0 Å². The molecule has 1 amide bonds. The second-order valence-electron chi connectivity index (χ2n) is 3.77. The Morgan fingerprint density at radius 3 is 2.58 bits per heavy atom. The third kappa shape index (κ3) is 3.05. The number of rotatable bonds is 2. The van der Waals surface area contributed by atoms with E-state index < -0.39 is 17.6 Å². The van der Waals surface area contributed by atoms with Crippen LogP contribution >= 0.6 is 11.3 Å². The molecule has 0 aliphatic heterocycles. The Labute approximate surface area is 110 Å². The highest BCUT2D eigenvalue weighted by atomic mass is 32.1. The molecule has 0 radical (unpaired) electrons. The molecule has 3 nitrogen and oxygen atoms in total. The summed E-state index contributed by atoms with van der Waals surface area (Å²) in [4.78, 5) is 11.9. The molecule has 0 fully saturated rings. The van der Waals surface area contributed by atoms with Crippen molar-refractivity contribution >= 4 is 28.6 Å². The van der Waals surface area contributed by atoms with Gasteiger partial charge in [0, 0.05) is 11.1 Å². The van der Waals surface area contributed by atoms with Gasteiger partial charge in [-0.1, -0.05) is 0 Å². The first kappa shape index (κ1) is 13.4. The lowest BCUT2D eigenvalue weighted by Gasteiger charge is -2.11. The zero-order chi connectivity index (χ0) is 14.0. The van der Waals surface area contributed by atoms with Crippen LogP contribution in [0.25, 0.3) is 0 Å². The molecule has 0 saturated carbocycles. The molecule has 0 aliphatic rings. The van der Waals surface area contributed by atoms with E-state index >= 15 is 0 Å². The molecule has 1 aromatic heterocycles. The molecule has 19 heavy (non-hydrogen) atoms. The molecule has 7 heteroatoms. The molecule has 0 bridgehead atoms. The predicted molar refractivity (Wildman–Crippen MR) is 68.1 cm³/mol. The molecule has 0 atom stereocenters. The molecule has 2 aromatic rings. The minimum absolute atomic E-state index is 0.000676. The van der Waals surface area contributed by atoms with Crippen molar-refractivity contribution in [2.24, 2.45) is 0 Å². The second kappa shape index (κ2) is 4.93. The van der Waals surface area contributed by atoms with Gasteiger partial charge in [0.05, 0.1) is 16.8 Å². The monoisotopic (exact) mass is 286 g/mol. The fourth-order valence-corrected chi connectivity index (χ4v) is 2.05. The maximum atomic E-state index is 12.6. The van der Waals surface area contributed by atoms with Crippen LogP contribution in [0, 0.1) is 0 Å². The van der Waals surface area contributed by atoms with E-state index in [-0.39, 0.29) is 11.3 Å². The number of alkyl halides is 3. The second-order valence-corrected chi connectivity index (χ2v) is 4.55. The van der Waals surface area contributed by atoms with Crippen molar-refractivity contribution in [1.82, 2.24) is 0 Å². The van der Waals surface area contributed by atoms with Crippen LogP contribution in [0.1, 0.15) is 15.9 Å². The molecular weight excluding hydrogens is 277 g/mol. The average molecular weight is 286 g/mol. The molecule has 100 valence electrons. The van der Waals surface area contributed by atoms with Crippen LogP contribution in [0.4, 0.5) is 24.5 Å². The van der Waals surface area contributed by atoms with Crippen molar-refractivity contribution in [3.05, 3.63) is 46.2 Å². The maximum Gasteiger partial charge on any atom is 0.416 e. The Morgan fingerprint density at radius 2 is 2.00 bits per heavy atom. The van der Waals surface area contributed by atoms with Crippen molar-refractivity contribution in [2.75, 3.05) is 11.1 Å². The molecule has 1 heterocycles. The zero-order valence-corrected chi connectivity index (χ0v) is 10.3. The number of nitrogens with one attached hydrogen (secondary N) is 1. The normalized spacial score (nSPS) is 11.3. The summed E-state index contributed by atoms with van der Waals surface area (Å²) in [6.07, 6.45) is -4.51. The van der Waals surface area contributed by atoms with Crippen LogP contribution in [0.5, 0.6) is 0 Å². The van der Waals surface area contributed by atoms with Gasteiger partial charge in [0.25, 0.3) is 5.91 Å². The number of thiophene rings is 1. The summed E-state index contributed by atoms with van der Waals surface area (Å²) in [6, 6.07) is 4.31. The molecule has 0 saturated heterocycles. The van der Waals surface area contributed by atoms with Crippen LogP contribution in [0.2, 0.25) is 0 Å². The van der Waals surface area contributed by atoms with E-state index in [1.54, 1.807) is 16.8 Å². The van der Waals surface area contributed by atoms with Crippen LogP contribution in [-0.2, 0) is 6.18 Å². The van der Waals surface area contributed by atoms with Gasteiger partial charge in [-0.2, -0.15) is 24.5 Å². The smallest absolute Gasteiger partial charge is 0.398 e. The van der Waals surface area contributed by atoms with Gasteiger partial charge in [0.2, 0.25) is 0 Å². The van der Waals surface area contributed by atoms with Crippen LogP contribution < -0.4 is 11.1 Å². The quantitative estimate of drug-likeness (QED) is 0.829. The minimum Gasteiger partial charge on any atom is -0.398 e. The summed E-state index contributed by atoms with van der Waals surface area (Å²) in [6.45, 7) is 0. The van der Waals surface area contributed by atoms with Gasteiger partial charge in [-0.05, 0) is 29.6 Å². The Bertz CT molecular complexity index is 594. The highest BCUT2D eigenvalue weighted by molar-refractivity contribution is 7.08. The SMILES string of the molecule is Nc1ccc(C(F)(F)F)cc1C(=O)Nc1ccsc1. The van der Waals surface area contributed by atoms with E-state index in [4.69, 9.17) is 5.73 Å². The number of halogens is 3. The van der Waals surface area contributed by atoms with Gasteiger partial charge >= 0.3 is 6.18 Å². The zero-order valence-electron chi connectivity index (χ0n) is 9.49. The number of anilines is 2. The topological polar surface area (TPSA) is 55.1 Å². The largest absolute Gasteiger partial charge is 0.416 e. The van der Waals surface area contributed by atoms with E-state index in [2.05, 4.69) is 5.32 Å². The Balaban J connectivity index is 2.31. The first-order valence-electron chi connectivity index (χ1n) is 5.18. The molecule has 0 spiro atoms. The van der Waals surface area contributed by atoms with Crippen molar-refractivity contribution in [2.45, 2.75) is 6.18 Å². The van der Waals surface area contributed by atoms with Crippen LogP contribution in [0.3, 0.4) is 0 Å². The lowest BCUT2D eigenvalue weighted by Crippen LogP contribution is -2.15. The lowest BCUT2D eigenvalue weighted by atomic mass is 10.1. The molecule has 0 unspecified atom stereocenters. The molecule has 2 rings (SSSR count). The summed E-state index contributed by atoms with van der Waals surface area (Å²) in [5, 5.41) is 5.89. The molecular formula is C12H9F3N2OS. The van der Waals surface area contributed by atoms with E-state index in [0.29, 0.717) is 5.69 Å². The predicted octanol–water partition coefficient (Wildman–Crippen LogP) is 3.60. The van der Waals surface area contributed by atoms with E-state index in [9.17, 15) is 18.0 Å². The van der Waals surface area contributed by atoms with E-state index in [0.717, 1.165) is 18.2 Å². The number of nitrogen functional groups attached to an aromatic ring is 1. The van der Waals surface area contributed by atoms with Crippen molar-refractivity contribution in [3.63, 3.8) is 0 Å². The molecule has 0 aliphatic carbocycles. The van der Waals surface area contributed by atoms with Crippen LogP contribution in [0.15, 0.2) is 35.0 Å². The summed E-state index contributed by atoms with van der Waals surface area (Å²) in [5.74, 6) is -0.665. The summed E-state index contributed by atoms with van der Waals surface area (Å²) in [5.41, 5.74) is 4.96. The third-order valence-electron chi connectivity index (χ3n) is 2.40. The number of nitrogens with two attached hydrogens (primary N) is 1. The summed E-state index contributed by atoms with van der Waals surface area (Å²) in [7, 11) is 0. The number of hydrogen-bond acceptors (Lipinski definition) is 3. The highest BCUT2D eigenvalue weighted by Gasteiger charge is 2.31. The summed E-state index contributed by atoms with van der Waals surface area (Å²) < 4.78 is 37.7. The number of benzene rings is 1. The first-order chi connectivity index (χ1) is 8.88.